The van der Waals surface area contributed by atoms with Gasteiger partial charge in [0.05, 0.1) is 19.1 Å². The molecule has 0 bridgehead atoms. The molecule has 3 rings (SSSR count). The molecule has 1 aliphatic heterocycles. The summed E-state index contributed by atoms with van der Waals surface area (Å²) in [6, 6.07) is 12.1. The number of anilines is 1. The Morgan fingerprint density at radius 3 is 2.31 bits per heavy atom. The highest BCUT2D eigenvalue weighted by Crippen LogP contribution is 2.33. The summed E-state index contributed by atoms with van der Waals surface area (Å²) in [6.45, 7) is -0.362. The number of rotatable bonds is 6. The van der Waals surface area contributed by atoms with Gasteiger partial charge in [-0.2, -0.15) is 0 Å². The lowest BCUT2D eigenvalue weighted by Gasteiger charge is -2.12. The SMILES string of the molecule is COc1cc(/C=C2/SC(=O)N(CC(=O)Nc3ccc(Br)cc3)C2=O)cc(OC)c1. The monoisotopic (exact) mass is 476 g/mol. The number of imide groups is 1. The predicted molar refractivity (Wildman–Crippen MR) is 115 cm³/mol. The third kappa shape index (κ3) is 5.18. The Labute approximate surface area is 180 Å². The average molecular weight is 477 g/mol. The van der Waals surface area contributed by atoms with Crippen LogP contribution in [0.4, 0.5) is 10.5 Å². The highest BCUT2D eigenvalue weighted by atomic mass is 79.9. The first-order valence-corrected chi connectivity index (χ1v) is 10.0. The van der Waals surface area contributed by atoms with E-state index in [2.05, 4.69) is 21.2 Å². The van der Waals surface area contributed by atoms with Gasteiger partial charge in [0.15, 0.2) is 0 Å². The Morgan fingerprint density at radius 2 is 1.72 bits per heavy atom. The molecule has 150 valence electrons. The maximum Gasteiger partial charge on any atom is 0.294 e. The molecule has 1 aliphatic rings. The lowest BCUT2D eigenvalue weighted by Crippen LogP contribution is -2.36. The van der Waals surface area contributed by atoms with Crippen LogP contribution in [0.1, 0.15) is 5.56 Å². The van der Waals surface area contributed by atoms with Crippen LogP contribution in [0.25, 0.3) is 6.08 Å². The summed E-state index contributed by atoms with van der Waals surface area (Å²) in [5, 5.41) is 2.17. The van der Waals surface area contributed by atoms with E-state index in [1.54, 1.807) is 48.5 Å². The van der Waals surface area contributed by atoms with E-state index < -0.39 is 17.1 Å². The molecule has 1 fully saturated rings. The lowest BCUT2D eigenvalue weighted by atomic mass is 10.2. The number of nitrogens with one attached hydrogen (secondary N) is 1. The van der Waals surface area contributed by atoms with Gasteiger partial charge >= 0.3 is 0 Å². The van der Waals surface area contributed by atoms with E-state index in [9.17, 15) is 14.4 Å². The number of thioether (sulfide) groups is 1. The second kappa shape index (κ2) is 9.15. The first kappa shape index (κ1) is 20.9. The van der Waals surface area contributed by atoms with E-state index in [4.69, 9.17) is 9.47 Å². The first-order chi connectivity index (χ1) is 13.9. The van der Waals surface area contributed by atoms with Crippen LogP contribution in [-0.4, -0.2) is 42.7 Å². The van der Waals surface area contributed by atoms with Gasteiger partial charge in [-0.3, -0.25) is 19.3 Å². The molecule has 0 radical (unpaired) electrons. The smallest absolute Gasteiger partial charge is 0.294 e. The fourth-order valence-electron chi connectivity index (χ4n) is 2.58. The average Bonchev–Trinajstić information content (AvgIpc) is 2.96. The van der Waals surface area contributed by atoms with Crippen LogP contribution in [0.5, 0.6) is 11.5 Å². The molecule has 29 heavy (non-hydrogen) atoms. The molecule has 1 saturated heterocycles. The minimum absolute atomic E-state index is 0.224. The zero-order valence-electron chi connectivity index (χ0n) is 15.6. The van der Waals surface area contributed by atoms with Gasteiger partial charge < -0.3 is 14.8 Å². The second-order valence-corrected chi connectivity index (χ2v) is 7.88. The van der Waals surface area contributed by atoms with E-state index >= 15 is 0 Å². The van der Waals surface area contributed by atoms with Gasteiger partial charge in [-0.25, -0.2) is 0 Å². The van der Waals surface area contributed by atoms with Gasteiger partial charge in [-0.05, 0) is 59.8 Å². The van der Waals surface area contributed by atoms with Crippen molar-refractivity contribution in [2.45, 2.75) is 0 Å². The van der Waals surface area contributed by atoms with Crippen LogP contribution >= 0.6 is 27.7 Å². The molecular weight excluding hydrogens is 460 g/mol. The van der Waals surface area contributed by atoms with Crippen molar-refractivity contribution in [3.05, 3.63) is 57.4 Å². The molecule has 0 aromatic heterocycles. The fourth-order valence-corrected chi connectivity index (χ4v) is 3.68. The molecule has 2 aromatic carbocycles. The number of halogens is 1. The Balaban J connectivity index is 1.73. The largest absolute Gasteiger partial charge is 0.497 e. The van der Waals surface area contributed by atoms with E-state index in [1.807, 2.05) is 0 Å². The summed E-state index contributed by atoms with van der Waals surface area (Å²) < 4.78 is 11.3. The summed E-state index contributed by atoms with van der Waals surface area (Å²) in [5.41, 5.74) is 1.22. The van der Waals surface area contributed by atoms with Crippen LogP contribution in [0, 0.1) is 0 Å². The Kier molecular flexibility index (Phi) is 6.60. The van der Waals surface area contributed by atoms with Crippen molar-refractivity contribution in [3.8, 4) is 11.5 Å². The molecule has 7 nitrogen and oxygen atoms in total. The van der Waals surface area contributed by atoms with Crippen LogP contribution in [-0.2, 0) is 9.59 Å². The lowest BCUT2D eigenvalue weighted by molar-refractivity contribution is -0.127. The highest BCUT2D eigenvalue weighted by Gasteiger charge is 2.36. The summed E-state index contributed by atoms with van der Waals surface area (Å²) in [4.78, 5) is 38.3. The molecule has 1 heterocycles. The van der Waals surface area contributed by atoms with Crippen LogP contribution in [0.3, 0.4) is 0 Å². The number of carbonyl (C=O) groups is 3. The number of hydrogen-bond acceptors (Lipinski definition) is 6. The zero-order valence-corrected chi connectivity index (χ0v) is 18.0. The van der Waals surface area contributed by atoms with Crippen molar-refractivity contribution < 1.29 is 23.9 Å². The molecule has 0 unspecified atom stereocenters. The van der Waals surface area contributed by atoms with E-state index in [0.717, 1.165) is 21.1 Å². The Morgan fingerprint density at radius 1 is 1.10 bits per heavy atom. The van der Waals surface area contributed by atoms with Gasteiger partial charge in [-0.15, -0.1) is 0 Å². The molecule has 0 aliphatic carbocycles. The van der Waals surface area contributed by atoms with Crippen molar-refractivity contribution in [2.75, 3.05) is 26.1 Å². The Bertz CT molecular complexity index is 969. The first-order valence-electron chi connectivity index (χ1n) is 8.43. The quantitative estimate of drug-likeness (QED) is 0.630. The maximum absolute atomic E-state index is 12.6. The summed E-state index contributed by atoms with van der Waals surface area (Å²) in [5.74, 6) is 0.138. The number of methoxy groups -OCH3 is 2. The highest BCUT2D eigenvalue weighted by molar-refractivity contribution is 9.10. The standard InChI is InChI=1S/C20H17BrN2O5S/c1-27-15-7-12(8-16(10-15)28-2)9-17-19(25)23(20(26)29-17)11-18(24)22-14-5-3-13(21)4-6-14/h3-10H,11H2,1-2H3,(H,22,24)/b17-9+. The van der Waals surface area contributed by atoms with Crippen molar-refractivity contribution in [2.24, 2.45) is 0 Å². The fraction of sp³-hybridized carbons (Fsp3) is 0.150. The van der Waals surface area contributed by atoms with Crippen LogP contribution in [0.2, 0.25) is 0 Å². The zero-order chi connectivity index (χ0) is 21.0. The van der Waals surface area contributed by atoms with Gasteiger partial charge in [0, 0.05) is 16.2 Å². The van der Waals surface area contributed by atoms with Crippen molar-refractivity contribution in [3.63, 3.8) is 0 Å². The molecule has 3 amide bonds. The number of ether oxygens (including phenoxy) is 2. The topological polar surface area (TPSA) is 84.9 Å². The molecular formula is C20H17BrN2O5S. The number of amides is 3. The molecule has 0 saturated carbocycles. The third-order valence-corrected chi connectivity index (χ3v) is 5.41. The van der Waals surface area contributed by atoms with Gasteiger partial charge in [0.1, 0.15) is 18.0 Å². The molecule has 1 N–H and O–H groups in total. The summed E-state index contributed by atoms with van der Waals surface area (Å²) in [7, 11) is 3.05. The molecule has 9 heteroatoms. The number of benzene rings is 2. The van der Waals surface area contributed by atoms with Crippen molar-refractivity contribution in [1.82, 2.24) is 4.90 Å². The van der Waals surface area contributed by atoms with Crippen molar-refractivity contribution >= 4 is 56.5 Å². The van der Waals surface area contributed by atoms with E-state index in [1.165, 1.54) is 14.2 Å². The van der Waals surface area contributed by atoms with Crippen molar-refractivity contribution in [1.29, 1.82) is 0 Å². The maximum atomic E-state index is 12.6. The van der Waals surface area contributed by atoms with Gasteiger partial charge in [-0.1, -0.05) is 15.9 Å². The molecule has 0 spiro atoms. The summed E-state index contributed by atoms with van der Waals surface area (Å²) >= 11 is 4.10. The van der Waals surface area contributed by atoms with Crippen LogP contribution in [0.15, 0.2) is 51.8 Å². The minimum atomic E-state index is -0.521. The molecule has 0 atom stereocenters. The molecule has 2 aromatic rings. The summed E-state index contributed by atoms with van der Waals surface area (Å²) in [6.07, 6.45) is 1.57. The van der Waals surface area contributed by atoms with E-state index in [0.29, 0.717) is 22.7 Å². The predicted octanol–water partition coefficient (Wildman–Crippen LogP) is 4.14. The van der Waals surface area contributed by atoms with Crippen LogP contribution < -0.4 is 14.8 Å². The second-order valence-electron chi connectivity index (χ2n) is 5.97. The number of hydrogen-bond donors (Lipinski definition) is 1. The number of nitrogens with zero attached hydrogens (tertiary/aromatic N) is 1. The normalized spacial score (nSPS) is 15.0. The van der Waals surface area contributed by atoms with E-state index in [-0.39, 0.29) is 11.4 Å². The minimum Gasteiger partial charge on any atom is -0.497 e. The number of carbonyl (C=O) groups excluding carboxylic acids is 3. The van der Waals surface area contributed by atoms with Gasteiger partial charge in [0.2, 0.25) is 5.91 Å². The third-order valence-electron chi connectivity index (χ3n) is 3.97. The van der Waals surface area contributed by atoms with Gasteiger partial charge in [0.25, 0.3) is 11.1 Å². The Hall–Kier alpha value is -2.78.